The zero-order valence-corrected chi connectivity index (χ0v) is 28.5. The van der Waals surface area contributed by atoms with Gasteiger partial charge in [0.2, 0.25) is 0 Å². The fraction of sp³-hybridized carbons (Fsp3) is 0. The molecule has 2 aromatic heterocycles. The van der Waals surface area contributed by atoms with Gasteiger partial charge >= 0.3 is 0 Å². The van der Waals surface area contributed by atoms with Crippen molar-refractivity contribution in [1.29, 1.82) is 0 Å². The maximum atomic E-state index is 6.64. The Bertz CT molecular complexity index is 2980. The van der Waals surface area contributed by atoms with Crippen molar-refractivity contribution in [3.63, 3.8) is 0 Å². The summed E-state index contributed by atoms with van der Waals surface area (Å²) in [7, 11) is 0. The van der Waals surface area contributed by atoms with Crippen LogP contribution in [0.25, 0.3) is 111 Å². The van der Waals surface area contributed by atoms with Crippen molar-refractivity contribution in [2.24, 2.45) is 0 Å². The minimum Gasteiger partial charge on any atom is -0.456 e. The zero-order chi connectivity index (χ0) is 34.9. The van der Waals surface area contributed by atoms with E-state index in [9.17, 15) is 0 Å². The molecule has 0 spiro atoms. The topological polar surface area (TPSA) is 51.8 Å². The second-order valence-electron chi connectivity index (χ2n) is 13.6. The monoisotopic (exact) mass is 675 g/mol. The number of furan rings is 1. The van der Waals surface area contributed by atoms with E-state index in [0.29, 0.717) is 17.5 Å². The van der Waals surface area contributed by atoms with Crippen LogP contribution in [0.4, 0.5) is 0 Å². The van der Waals surface area contributed by atoms with Gasteiger partial charge in [-0.25, -0.2) is 15.0 Å². The molecule has 0 fully saturated rings. The molecule has 4 nitrogen and oxygen atoms in total. The van der Waals surface area contributed by atoms with Gasteiger partial charge in [-0.3, -0.25) is 0 Å². The van der Waals surface area contributed by atoms with Gasteiger partial charge < -0.3 is 4.42 Å². The van der Waals surface area contributed by atoms with E-state index in [1.54, 1.807) is 0 Å². The first-order valence-electron chi connectivity index (χ1n) is 17.9. The van der Waals surface area contributed by atoms with Crippen LogP contribution in [-0.2, 0) is 0 Å². The maximum Gasteiger partial charge on any atom is 0.164 e. The lowest BCUT2D eigenvalue weighted by molar-refractivity contribution is 0.669. The van der Waals surface area contributed by atoms with Gasteiger partial charge in [-0.15, -0.1) is 0 Å². The average Bonchev–Trinajstić information content (AvgIpc) is 3.78. The zero-order valence-electron chi connectivity index (χ0n) is 28.5. The van der Waals surface area contributed by atoms with Crippen molar-refractivity contribution in [3.8, 4) is 78.7 Å². The Hall–Kier alpha value is -7.17. The van der Waals surface area contributed by atoms with E-state index >= 15 is 0 Å². The first kappa shape index (κ1) is 29.5. The second-order valence-corrected chi connectivity index (χ2v) is 13.6. The summed E-state index contributed by atoms with van der Waals surface area (Å²) >= 11 is 0. The molecule has 0 N–H and O–H groups in total. The molecule has 0 atom stereocenters. The number of aromatic nitrogens is 3. The van der Waals surface area contributed by atoms with Gasteiger partial charge in [0.15, 0.2) is 17.5 Å². The minimum atomic E-state index is 0.606. The Kier molecular flexibility index (Phi) is 6.52. The molecule has 10 aromatic rings. The number of nitrogens with zero attached hydrogens (tertiary/aromatic N) is 3. The Morgan fingerprint density at radius 1 is 0.321 bits per heavy atom. The van der Waals surface area contributed by atoms with Gasteiger partial charge in [-0.2, -0.15) is 0 Å². The van der Waals surface area contributed by atoms with E-state index in [1.807, 2.05) is 72.8 Å². The van der Waals surface area contributed by atoms with Crippen LogP contribution in [0, 0.1) is 0 Å². The first-order chi connectivity index (χ1) is 26.3. The molecular formula is C49H29N3O. The summed E-state index contributed by atoms with van der Waals surface area (Å²) in [4.78, 5) is 15.0. The summed E-state index contributed by atoms with van der Waals surface area (Å²) in [5, 5.41) is 4.59. The molecule has 11 rings (SSSR count). The Labute approximate surface area is 305 Å². The van der Waals surface area contributed by atoms with Gasteiger partial charge in [0.05, 0.1) is 0 Å². The molecule has 8 aromatic carbocycles. The normalized spacial score (nSPS) is 11.8. The standard InChI is InChI=1S/C49H29N3O/c1-4-13-30(14-5-1)40-27-35(28-41-36-21-10-19-31-20-11-22-38(44(31)36)45(40)41)34-25-26-37-43(29-34)53-42-24-12-23-39(46(37)42)49-51-47(32-15-6-2-7-16-32)50-48(52-49)33-17-8-3-9-18-33/h1-29H. The Morgan fingerprint density at radius 3 is 1.60 bits per heavy atom. The third-order valence-electron chi connectivity index (χ3n) is 10.5. The van der Waals surface area contributed by atoms with E-state index in [1.165, 1.54) is 44.2 Å². The van der Waals surface area contributed by atoms with Crippen LogP contribution in [0.2, 0.25) is 0 Å². The van der Waals surface area contributed by atoms with Crippen molar-refractivity contribution in [3.05, 3.63) is 176 Å². The molecule has 0 radical (unpaired) electrons. The molecule has 1 aliphatic rings. The highest BCUT2D eigenvalue weighted by Gasteiger charge is 2.26. The number of hydrogen-bond acceptors (Lipinski definition) is 4. The van der Waals surface area contributed by atoms with Crippen molar-refractivity contribution >= 4 is 32.7 Å². The van der Waals surface area contributed by atoms with E-state index in [0.717, 1.165) is 49.8 Å². The molecule has 1 aliphatic carbocycles. The highest BCUT2D eigenvalue weighted by molar-refractivity contribution is 6.19. The minimum absolute atomic E-state index is 0.606. The highest BCUT2D eigenvalue weighted by atomic mass is 16.3. The summed E-state index contributed by atoms with van der Waals surface area (Å²) in [6, 6.07) is 61.6. The molecule has 0 bridgehead atoms. The molecule has 4 heteroatoms. The van der Waals surface area contributed by atoms with Crippen LogP contribution in [-0.4, -0.2) is 15.0 Å². The number of rotatable bonds is 5. The molecule has 53 heavy (non-hydrogen) atoms. The molecule has 0 saturated heterocycles. The Morgan fingerprint density at radius 2 is 0.906 bits per heavy atom. The van der Waals surface area contributed by atoms with Crippen LogP contribution in [0.3, 0.4) is 0 Å². The molecule has 2 heterocycles. The second kappa shape index (κ2) is 11.7. The lowest BCUT2D eigenvalue weighted by Gasteiger charge is -2.14. The SMILES string of the molecule is c1ccc(-c2nc(-c3ccccc3)nc(-c3cccc4oc5cc(-c6cc(-c7ccccc7)c7c(c6)-c6cccc8cccc-7c68)ccc5c34)n2)cc1. The molecule has 0 aliphatic heterocycles. The van der Waals surface area contributed by atoms with Crippen molar-refractivity contribution in [2.75, 3.05) is 0 Å². The van der Waals surface area contributed by atoms with Crippen molar-refractivity contribution < 1.29 is 4.42 Å². The lowest BCUT2D eigenvalue weighted by atomic mass is 9.89. The maximum absolute atomic E-state index is 6.64. The van der Waals surface area contributed by atoms with Crippen LogP contribution in [0.5, 0.6) is 0 Å². The predicted molar refractivity (Wildman–Crippen MR) is 216 cm³/mol. The van der Waals surface area contributed by atoms with Crippen molar-refractivity contribution in [2.45, 2.75) is 0 Å². The van der Waals surface area contributed by atoms with Gasteiger partial charge in [0, 0.05) is 27.5 Å². The van der Waals surface area contributed by atoms with E-state index in [-0.39, 0.29) is 0 Å². The van der Waals surface area contributed by atoms with Gasteiger partial charge in [0.1, 0.15) is 11.2 Å². The molecule has 0 saturated carbocycles. The van der Waals surface area contributed by atoms with E-state index in [4.69, 9.17) is 19.4 Å². The third kappa shape index (κ3) is 4.73. The van der Waals surface area contributed by atoms with Gasteiger partial charge in [0.25, 0.3) is 0 Å². The van der Waals surface area contributed by atoms with Crippen LogP contribution < -0.4 is 0 Å². The summed E-state index contributed by atoms with van der Waals surface area (Å²) in [5.74, 6) is 1.87. The molecule has 0 amide bonds. The average molecular weight is 676 g/mol. The quantitative estimate of drug-likeness (QED) is 0.182. The number of hydrogen-bond donors (Lipinski definition) is 0. The third-order valence-corrected chi connectivity index (χ3v) is 10.5. The van der Waals surface area contributed by atoms with Crippen LogP contribution in [0.15, 0.2) is 180 Å². The van der Waals surface area contributed by atoms with Crippen molar-refractivity contribution in [1.82, 2.24) is 15.0 Å². The summed E-state index contributed by atoms with van der Waals surface area (Å²) < 4.78 is 6.64. The first-order valence-corrected chi connectivity index (χ1v) is 17.9. The van der Waals surface area contributed by atoms with E-state index < -0.39 is 0 Å². The van der Waals surface area contributed by atoms with Crippen LogP contribution in [0.1, 0.15) is 0 Å². The number of fused-ring (bicyclic) bond motifs is 6. The number of benzene rings is 8. The fourth-order valence-electron chi connectivity index (χ4n) is 8.05. The fourth-order valence-corrected chi connectivity index (χ4v) is 8.05. The highest BCUT2D eigenvalue weighted by Crippen LogP contribution is 2.52. The Balaban J connectivity index is 1.09. The summed E-state index contributed by atoms with van der Waals surface area (Å²) in [6.07, 6.45) is 0. The van der Waals surface area contributed by atoms with Gasteiger partial charge in [-0.1, -0.05) is 146 Å². The molecule has 246 valence electrons. The summed E-state index contributed by atoms with van der Waals surface area (Å²) in [6.45, 7) is 0. The summed E-state index contributed by atoms with van der Waals surface area (Å²) in [5.41, 5.74) is 14.2. The molecule has 0 unspecified atom stereocenters. The smallest absolute Gasteiger partial charge is 0.164 e. The van der Waals surface area contributed by atoms with Crippen LogP contribution >= 0.6 is 0 Å². The predicted octanol–water partition coefficient (Wildman–Crippen LogP) is 12.9. The van der Waals surface area contributed by atoms with E-state index in [2.05, 4.69) is 103 Å². The molecular weight excluding hydrogens is 647 g/mol. The lowest BCUT2D eigenvalue weighted by Crippen LogP contribution is -2.00. The van der Waals surface area contributed by atoms with Gasteiger partial charge in [-0.05, 0) is 85.6 Å². The largest absolute Gasteiger partial charge is 0.456 e.